The molecule has 4 heteroatoms. The summed E-state index contributed by atoms with van der Waals surface area (Å²) in [6.07, 6.45) is 21.5. The van der Waals surface area contributed by atoms with Gasteiger partial charge in [0.1, 0.15) is 6.04 Å². The topological polar surface area (TPSA) is 66.4 Å². The van der Waals surface area contributed by atoms with E-state index in [1.807, 2.05) is 0 Å². The highest BCUT2D eigenvalue weighted by Crippen LogP contribution is 2.10. The summed E-state index contributed by atoms with van der Waals surface area (Å²) < 4.78 is 0. The summed E-state index contributed by atoms with van der Waals surface area (Å²) in [6, 6.07) is -0.745. The molecule has 0 aliphatic rings. The molecule has 0 aromatic carbocycles. The number of allylic oxidation sites excluding steroid dienone is 2. The van der Waals surface area contributed by atoms with E-state index in [1.165, 1.54) is 57.8 Å². The molecule has 1 atom stereocenters. The highest BCUT2D eigenvalue weighted by atomic mass is 16.4. The van der Waals surface area contributed by atoms with Crippen LogP contribution in [0.2, 0.25) is 0 Å². The second kappa shape index (κ2) is 18.5. The van der Waals surface area contributed by atoms with E-state index in [1.54, 1.807) is 6.92 Å². The van der Waals surface area contributed by atoms with E-state index >= 15 is 0 Å². The number of unbranched alkanes of at least 4 members (excludes halogenated alkanes) is 11. The van der Waals surface area contributed by atoms with Crippen LogP contribution in [0.1, 0.15) is 110 Å². The van der Waals surface area contributed by atoms with E-state index < -0.39 is 12.0 Å². The fourth-order valence-electron chi connectivity index (χ4n) is 2.96. The summed E-state index contributed by atoms with van der Waals surface area (Å²) in [6.45, 7) is 4.02. The van der Waals surface area contributed by atoms with Gasteiger partial charge in [-0.25, -0.2) is 4.79 Å². The Bertz CT molecular complexity index is 380. The van der Waals surface area contributed by atoms with Crippen LogP contribution in [0.3, 0.4) is 0 Å². The summed E-state index contributed by atoms with van der Waals surface area (Å²) in [5.74, 6) is -1.10. The minimum absolute atomic E-state index is 0.142. The number of carbonyl (C=O) groups excluding carboxylic acids is 1. The molecule has 2 N–H and O–H groups in total. The van der Waals surface area contributed by atoms with Crippen LogP contribution in [0.15, 0.2) is 12.2 Å². The first kappa shape index (κ1) is 24.7. The van der Waals surface area contributed by atoms with Crippen molar-refractivity contribution in [2.45, 2.75) is 116 Å². The van der Waals surface area contributed by atoms with Gasteiger partial charge in [0.25, 0.3) is 0 Å². The molecular formula is C22H41NO3. The van der Waals surface area contributed by atoms with Gasteiger partial charge < -0.3 is 10.4 Å². The molecule has 0 aromatic heterocycles. The summed E-state index contributed by atoms with van der Waals surface area (Å²) >= 11 is 0. The highest BCUT2D eigenvalue weighted by molar-refractivity contribution is 5.83. The van der Waals surface area contributed by atoms with Gasteiger partial charge in [-0.15, -0.1) is 0 Å². The van der Waals surface area contributed by atoms with Crippen molar-refractivity contribution < 1.29 is 14.7 Å². The Kier molecular flexibility index (Phi) is 17.5. The first-order chi connectivity index (χ1) is 12.6. The molecule has 1 unspecified atom stereocenters. The SMILES string of the molecule is CCCCCCCC/C=C/CCCCCCCC(=O)NC(CC)C(=O)O. The average Bonchev–Trinajstić information content (AvgIpc) is 2.62. The molecule has 0 bridgehead atoms. The second-order valence-corrected chi connectivity index (χ2v) is 7.20. The third-order valence-electron chi connectivity index (χ3n) is 4.71. The molecule has 0 rings (SSSR count). The molecule has 0 saturated carbocycles. The minimum atomic E-state index is -0.953. The molecule has 0 radical (unpaired) electrons. The van der Waals surface area contributed by atoms with E-state index in [4.69, 9.17) is 5.11 Å². The van der Waals surface area contributed by atoms with E-state index in [0.29, 0.717) is 12.8 Å². The van der Waals surface area contributed by atoms with E-state index in [-0.39, 0.29) is 5.91 Å². The van der Waals surface area contributed by atoms with Crippen molar-refractivity contribution in [3.05, 3.63) is 12.2 Å². The molecule has 0 aliphatic carbocycles. The molecular weight excluding hydrogens is 326 g/mol. The molecule has 152 valence electrons. The third-order valence-corrected chi connectivity index (χ3v) is 4.71. The number of carboxylic acids is 1. The standard InChI is InChI=1S/C22H41NO3/c1-3-5-6-7-8-9-10-11-12-13-14-15-16-17-18-19-21(24)23-20(4-2)22(25)26/h11-12,20H,3-10,13-19H2,1-2H3,(H,23,24)(H,25,26)/b12-11+. The summed E-state index contributed by atoms with van der Waals surface area (Å²) in [5, 5.41) is 11.5. The number of carboxylic acid groups (broad SMARTS) is 1. The molecule has 0 saturated heterocycles. The number of nitrogens with one attached hydrogen (secondary N) is 1. The lowest BCUT2D eigenvalue weighted by Gasteiger charge is -2.11. The lowest BCUT2D eigenvalue weighted by atomic mass is 10.1. The Morgan fingerprint density at radius 1 is 0.808 bits per heavy atom. The number of hydrogen-bond acceptors (Lipinski definition) is 2. The normalized spacial score (nSPS) is 12.4. The zero-order chi connectivity index (χ0) is 19.5. The minimum Gasteiger partial charge on any atom is -0.480 e. The zero-order valence-electron chi connectivity index (χ0n) is 17.1. The zero-order valence-corrected chi connectivity index (χ0v) is 17.1. The van der Waals surface area contributed by atoms with Crippen molar-refractivity contribution in [3.63, 3.8) is 0 Å². The number of aliphatic carboxylic acids is 1. The molecule has 26 heavy (non-hydrogen) atoms. The second-order valence-electron chi connectivity index (χ2n) is 7.20. The molecule has 0 heterocycles. The molecule has 0 fully saturated rings. The Labute approximate surface area is 160 Å². The predicted octanol–water partition coefficient (Wildman–Crippen LogP) is 6.00. The van der Waals surface area contributed by atoms with E-state index in [9.17, 15) is 9.59 Å². The predicted molar refractivity (Wildman–Crippen MR) is 109 cm³/mol. The molecule has 4 nitrogen and oxygen atoms in total. The van der Waals surface area contributed by atoms with Gasteiger partial charge in [-0.1, -0.05) is 77.4 Å². The Balaban J connectivity index is 3.36. The van der Waals surface area contributed by atoms with Gasteiger partial charge in [0.05, 0.1) is 0 Å². The number of rotatable bonds is 18. The highest BCUT2D eigenvalue weighted by Gasteiger charge is 2.16. The van der Waals surface area contributed by atoms with Crippen molar-refractivity contribution in [1.82, 2.24) is 5.32 Å². The molecule has 0 spiro atoms. The Morgan fingerprint density at radius 3 is 1.81 bits per heavy atom. The van der Waals surface area contributed by atoms with Crippen molar-refractivity contribution >= 4 is 11.9 Å². The fraction of sp³-hybridized carbons (Fsp3) is 0.818. The average molecular weight is 368 g/mol. The van der Waals surface area contributed by atoms with Gasteiger partial charge in [-0.05, 0) is 38.5 Å². The molecule has 0 aliphatic heterocycles. The van der Waals surface area contributed by atoms with Crippen LogP contribution < -0.4 is 5.32 Å². The van der Waals surface area contributed by atoms with Gasteiger partial charge in [-0.3, -0.25) is 4.79 Å². The summed E-state index contributed by atoms with van der Waals surface area (Å²) in [5.41, 5.74) is 0. The van der Waals surface area contributed by atoms with Crippen LogP contribution in [0, 0.1) is 0 Å². The van der Waals surface area contributed by atoms with Crippen LogP contribution in [-0.4, -0.2) is 23.0 Å². The fourth-order valence-corrected chi connectivity index (χ4v) is 2.96. The van der Waals surface area contributed by atoms with Gasteiger partial charge in [0.15, 0.2) is 0 Å². The smallest absolute Gasteiger partial charge is 0.326 e. The Hall–Kier alpha value is -1.32. The lowest BCUT2D eigenvalue weighted by Crippen LogP contribution is -2.40. The van der Waals surface area contributed by atoms with Crippen LogP contribution in [0.25, 0.3) is 0 Å². The Morgan fingerprint density at radius 2 is 1.31 bits per heavy atom. The maximum Gasteiger partial charge on any atom is 0.326 e. The van der Waals surface area contributed by atoms with Crippen molar-refractivity contribution in [2.24, 2.45) is 0 Å². The summed E-state index contributed by atoms with van der Waals surface area (Å²) in [7, 11) is 0. The lowest BCUT2D eigenvalue weighted by molar-refractivity contribution is -0.141. The first-order valence-corrected chi connectivity index (χ1v) is 10.8. The first-order valence-electron chi connectivity index (χ1n) is 10.8. The number of hydrogen-bond donors (Lipinski definition) is 2. The molecule has 0 aromatic rings. The monoisotopic (exact) mass is 367 g/mol. The number of amides is 1. The van der Waals surface area contributed by atoms with Crippen LogP contribution in [-0.2, 0) is 9.59 Å². The van der Waals surface area contributed by atoms with Crippen LogP contribution in [0.5, 0.6) is 0 Å². The number of carbonyl (C=O) groups is 2. The quantitative estimate of drug-likeness (QED) is 0.230. The van der Waals surface area contributed by atoms with Crippen molar-refractivity contribution in [2.75, 3.05) is 0 Å². The van der Waals surface area contributed by atoms with Crippen LogP contribution in [0.4, 0.5) is 0 Å². The van der Waals surface area contributed by atoms with E-state index in [2.05, 4.69) is 24.4 Å². The largest absolute Gasteiger partial charge is 0.480 e. The van der Waals surface area contributed by atoms with Gasteiger partial charge in [-0.2, -0.15) is 0 Å². The van der Waals surface area contributed by atoms with Gasteiger partial charge in [0, 0.05) is 6.42 Å². The maximum atomic E-state index is 11.7. The van der Waals surface area contributed by atoms with Gasteiger partial charge in [0.2, 0.25) is 5.91 Å². The molecule has 1 amide bonds. The maximum absolute atomic E-state index is 11.7. The summed E-state index contributed by atoms with van der Waals surface area (Å²) in [4.78, 5) is 22.5. The van der Waals surface area contributed by atoms with Crippen molar-refractivity contribution in [3.8, 4) is 0 Å². The third kappa shape index (κ3) is 16.2. The van der Waals surface area contributed by atoms with Gasteiger partial charge >= 0.3 is 5.97 Å². The van der Waals surface area contributed by atoms with Crippen LogP contribution >= 0.6 is 0 Å². The van der Waals surface area contributed by atoms with E-state index in [0.717, 1.165) is 25.7 Å². The van der Waals surface area contributed by atoms with Crippen molar-refractivity contribution in [1.29, 1.82) is 0 Å².